The van der Waals surface area contributed by atoms with Crippen LogP contribution >= 0.6 is 0 Å². The predicted molar refractivity (Wildman–Crippen MR) is 116 cm³/mol. The van der Waals surface area contributed by atoms with Gasteiger partial charge in [-0.2, -0.15) is 0 Å². The fourth-order valence-corrected chi connectivity index (χ4v) is 5.67. The molecule has 0 radical (unpaired) electrons. The number of rotatable bonds is 5. The summed E-state index contributed by atoms with van der Waals surface area (Å²) in [6.07, 6.45) is 9.86. The molecule has 6 heteroatoms. The van der Waals surface area contributed by atoms with Crippen molar-refractivity contribution in [3.63, 3.8) is 0 Å². The lowest BCUT2D eigenvalue weighted by molar-refractivity contribution is -0.146. The van der Waals surface area contributed by atoms with E-state index in [1.807, 2.05) is 12.1 Å². The minimum Gasteiger partial charge on any atom is -0.462 e. The fraction of sp³-hybridized carbons (Fsp3) is 0.583. The van der Waals surface area contributed by atoms with Gasteiger partial charge in [-0.3, -0.25) is 0 Å². The smallest absolute Gasteiger partial charge is 0.347 e. The van der Waals surface area contributed by atoms with Crippen molar-refractivity contribution in [1.29, 1.82) is 0 Å². The van der Waals surface area contributed by atoms with Crippen LogP contribution in [0.5, 0.6) is 0 Å². The van der Waals surface area contributed by atoms with Gasteiger partial charge in [-0.05, 0) is 51.7 Å². The molecule has 1 aromatic rings. The number of hydrogen-bond acceptors (Lipinski definition) is 6. The first kappa shape index (κ1) is 20.8. The second kappa shape index (κ2) is 8.70. The Morgan fingerprint density at radius 1 is 1.07 bits per heavy atom. The summed E-state index contributed by atoms with van der Waals surface area (Å²) in [5.41, 5.74) is 2.12. The molecule has 2 atom stereocenters. The Balaban J connectivity index is 1.81. The zero-order valence-corrected chi connectivity index (χ0v) is 18.0. The lowest BCUT2D eigenvalue weighted by Gasteiger charge is -2.40. The summed E-state index contributed by atoms with van der Waals surface area (Å²) in [5, 5.41) is 3.91. The van der Waals surface area contributed by atoms with E-state index in [-0.39, 0.29) is 30.4 Å². The van der Waals surface area contributed by atoms with Crippen LogP contribution in [0.15, 0.2) is 36.0 Å². The third-order valence-electron chi connectivity index (χ3n) is 6.87. The van der Waals surface area contributed by atoms with Crippen LogP contribution in [0.2, 0.25) is 0 Å². The number of fused-ring (bicyclic) bond motifs is 3. The van der Waals surface area contributed by atoms with Gasteiger partial charge in [0.05, 0.1) is 24.6 Å². The van der Waals surface area contributed by atoms with E-state index in [0.717, 1.165) is 30.6 Å². The predicted octanol–water partition coefficient (Wildman–Crippen LogP) is 4.41. The number of anilines is 2. The SMILES string of the molecule is CCOC(=O)C(=CN1c2ccccc2NC2(CCCC2)C2CCCC21)C(=O)OCC. The Labute approximate surface area is 178 Å². The van der Waals surface area contributed by atoms with Crippen molar-refractivity contribution in [1.82, 2.24) is 0 Å². The number of ether oxygens (including phenoxy) is 2. The third-order valence-corrected chi connectivity index (χ3v) is 6.87. The highest BCUT2D eigenvalue weighted by atomic mass is 16.6. The standard InChI is InChI=1S/C24H32N2O4/c1-3-29-22(27)17(23(28)30-4-2)16-26-20-13-9-10-18(20)24(14-7-8-15-24)25-19-11-5-6-12-21(19)26/h5-6,11-12,16,18,20,25H,3-4,7-10,13-15H2,1-2H3. The van der Waals surface area contributed by atoms with Gasteiger partial charge < -0.3 is 19.7 Å². The Morgan fingerprint density at radius 2 is 1.73 bits per heavy atom. The zero-order chi connectivity index (χ0) is 21.1. The number of carbonyl (C=O) groups excluding carboxylic acids is 2. The molecule has 1 aliphatic heterocycles. The Morgan fingerprint density at radius 3 is 2.40 bits per heavy atom. The van der Waals surface area contributed by atoms with E-state index in [0.29, 0.717) is 5.92 Å². The van der Waals surface area contributed by atoms with Gasteiger partial charge in [0.1, 0.15) is 0 Å². The molecule has 1 aromatic carbocycles. The van der Waals surface area contributed by atoms with Crippen molar-refractivity contribution in [2.45, 2.75) is 70.4 Å². The molecule has 2 saturated carbocycles. The summed E-state index contributed by atoms with van der Waals surface area (Å²) in [4.78, 5) is 27.4. The minimum absolute atomic E-state index is 0.0403. The van der Waals surface area contributed by atoms with E-state index in [2.05, 4.69) is 22.3 Å². The molecule has 162 valence electrons. The summed E-state index contributed by atoms with van der Waals surface area (Å²) in [6.45, 7) is 3.90. The van der Waals surface area contributed by atoms with E-state index in [4.69, 9.17) is 9.47 Å². The third kappa shape index (κ3) is 3.68. The molecule has 1 spiro atoms. The Bertz CT molecular complexity index is 808. The lowest BCUT2D eigenvalue weighted by Crippen LogP contribution is -2.48. The quantitative estimate of drug-likeness (QED) is 0.334. The van der Waals surface area contributed by atoms with Gasteiger partial charge in [0, 0.05) is 23.7 Å². The zero-order valence-electron chi connectivity index (χ0n) is 18.0. The topological polar surface area (TPSA) is 67.9 Å². The number of nitrogens with one attached hydrogen (secondary N) is 1. The van der Waals surface area contributed by atoms with Crippen LogP contribution < -0.4 is 10.2 Å². The molecule has 2 aliphatic carbocycles. The highest BCUT2D eigenvalue weighted by molar-refractivity contribution is 6.14. The molecule has 6 nitrogen and oxygen atoms in total. The first-order valence-corrected chi connectivity index (χ1v) is 11.3. The Hall–Kier alpha value is -2.50. The molecule has 4 rings (SSSR count). The summed E-state index contributed by atoms with van der Waals surface area (Å²) in [5.74, 6) is -0.791. The molecule has 0 bridgehead atoms. The minimum atomic E-state index is -0.629. The van der Waals surface area contributed by atoms with Crippen molar-refractivity contribution in [3.8, 4) is 0 Å². The maximum atomic E-state index is 12.6. The highest BCUT2D eigenvalue weighted by Crippen LogP contribution is 2.52. The van der Waals surface area contributed by atoms with Gasteiger partial charge >= 0.3 is 11.9 Å². The van der Waals surface area contributed by atoms with Gasteiger partial charge in [0.25, 0.3) is 0 Å². The molecule has 0 saturated heterocycles. The van der Waals surface area contributed by atoms with E-state index < -0.39 is 11.9 Å². The van der Waals surface area contributed by atoms with Crippen molar-refractivity contribution in [2.24, 2.45) is 5.92 Å². The van der Waals surface area contributed by atoms with E-state index in [9.17, 15) is 9.59 Å². The Kier molecular flexibility index (Phi) is 6.02. The molecular weight excluding hydrogens is 380 g/mol. The number of benzene rings is 1. The van der Waals surface area contributed by atoms with Gasteiger partial charge in [-0.25, -0.2) is 9.59 Å². The number of nitrogens with zero attached hydrogens (tertiary/aromatic N) is 1. The van der Waals surface area contributed by atoms with E-state index in [1.54, 1.807) is 20.0 Å². The summed E-state index contributed by atoms with van der Waals surface area (Å²) < 4.78 is 10.4. The number of para-hydroxylation sites is 2. The van der Waals surface area contributed by atoms with Crippen LogP contribution in [-0.4, -0.2) is 36.7 Å². The first-order chi connectivity index (χ1) is 14.6. The number of carbonyl (C=O) groups is 2. The van der Waals surface area contributed by atoms with Crippen LogP contribution in [0.3, 0.4) is 0 Å². The average molecular weight is 413 g/mol. The largest absolute Gasteiger partial charge is 0.462 e. The molecule has 2 unspecified atom stereocenters. The van der Waals surface area contributed by atoms with E-state index >= 15 is 0 Å². The molecular formula is C24H32N2O4. The second-order valence-corrected chi connectivity index (χ2v) is 8.50. The van der Waals surface area contributed by atoms with E-state index in [1.165, 1.54) is 25.7 Å². The van der Waals surface area contributed by atoms with Crippen LogP contribution in [-0.2, 0) is 19.1 Å². The average Bonchev–Trinajstić information content (AvgIpc) is 3.38. The molecule has 0 amide bonds. The monoisotopic (exact) mass is 412 g/mol. The molecule has 30 heavy (non-hydrogen) atoms. The summed E-state index contributed by atoms with van der Waals surface area (Å²) in [6, 6.07) is 8.45. The molecule has 0 aromatic heterocycles. The van der Waals surface area contributed by atoms with Crippen molar-refractivity contribution < 1.29 is 19.1 Å². The van der Waals surface area contributed by atoms with Gasteiger partial charge in [0.2, 0.25) is 0 Å². The maximum absolute atomic E-state index is 12.6. The van der Waals surface area contributed by atoms with Crippen LogP contribution in [0, 0.1) is 5.92 Å². The fourth-order valence-electron chi connectivity index (χ4n) is 5.67. The van der Waals surface area contributed by atoms with Crippen LogP contribution in [0.4, 0.5) is 11.4 Å². The molecule has 1 heterocycles. The van der Waals surface area contributed by atoms with Crippen molar-refractivity contribution >= 4 is 23.3 Å². The number of esters is 2. The maximum Gasteiger partial charge on any atom is 0.347 e. The number of hydrogen-bond donors (Lipinski definition) is 1. The van der Waals surface area contributed by atoms with Crippen LogP contribution in [0.25, 0.3) is 0 Å². The van der Waals surface area contributed by atoms with Crippen molar-refractivity contribution in [2.75, 3.05) is 23.4 Å². The van der Waals surface area contributed by atoms with Gasteiger partial charge in [0.15, 0.2) is 5.57 Å². The summed E-state index contributed by atoms with van der Waals surface area (Å²) in [7, 11) is 0. The van der Waals surface area contributed by atoms with Crippen molar-refractivity contribution in [3.05, 3.63) is 36.0 Å². The first-order valence-electron chi connectivity index (χ1n) is 11.3. The lowest BCUT2D eigenvalue weighted by atomic mass is 9.78. The van der Waals surface area contributed by atoms with Gasteiger partial charge in [-0.1, -0.05) is 31.4 Å². The molecule has 1 N–H and O–H groups in total. The highest BCUT2D eigenvalue weighted by Gasteiger charge is 2.50. The molecule has 2 fully saturated rings. The normalized spacial score (nSPS) is 23.7. The van der Waals surface area contributed by atoms with Gasteiger partial charge in [-0.15, -0.1) is 0 Å². The summed E-state index contributed by atoms with van der Waals surface area (Å²) >= 11 is 0. The second-order valence-electron chi connectivity index (χ2n) is 8.50. The van der Waals surface area contributed by atoms with Crippen LogP contribution in [0.1, 0.15) is 58.8 Å². The molecule has 3 aliphatic rings.